The van der Waals surface area contributed by atoms with Gasteiger partial charge in [0.25, 0.3) is 0 Å². The predicted octanol–water partition coefficient (Wildman–Crippen LogP) is 0.934. The number of ether oxygens (including phenoxy) is 2. The Labute approximate surface area is 228 Å². The van der Waals surface area contributed by atoms with Gasteiger partial charge in [-0.2, -0.15) is 0 Å². The molecule has 4 N–H and O–H groups in total. The third-order valence-electron chi connectivity index (χ3n) is 4.51. The first-order chi connectivity index (χ1) is 13.7. The molecule has 158 valence electrons. The fourth-order valence-electron chi connectivity index (χ4n) is 3.01. The van der Waals surface area contributed by atoms with Crippen LogP contribution < -0.4 is 14.8 Å². The van der Waals surface area contributed by atoms with Gasteiger partial charge >= 0.3 is 76.8 Å². The summed E-state index contributed by atoms with van der Waals surface area (Å²) in [6.45, 7) is 2.24. The summed E-state index contributed by atoms with van der Waals surface area (Å²) in [4.78, 5) is 22.6. The number of carbonyl (C=O) groups is 2. The Hall–Kier alpha value is -0.810. The van der Waals surface area contributed by atoms with Crippen molar-refractivity contribution < 1.29 is 34.4 Å². The molecule has 0 saturated heterocycles. The molecule has 0 radical (unpaired) electrons. The number of benzene rings is 2. The van der Waals surface area contributed by atoms with E-state index in [1.54, 1.807) is 36.4 Å². The summed E-state index contributed by atoms with van der Waals surface area (Å²) in [5, 5.41) is 32.4. The summed E-state index contributed by atoms with van der Waals surface area (Å²) in [5.41, 5.74) is 1.50. The van der Waals surface area contributed by atoms with Crippen molar-refractivity contribution in [2.24, 2.45) is 0 Å². The van der Waals surface area contributed by atoms with E-state index >= 15 is 0 Å². The Balaban J connectivity index is 0.00000240. The van der Waals surface area contributed by atoms with Gasteiger partial charge in [-0.1, -0.05) is 29.8 Å². The molecule has 1 aliphatic heterocycles. The van der Waals surface area contributed by atoms with E-state index in [4.69, 9.17) is 21.1 Å². The first kappa shape index (κ1) is 28.2. The summed E-state index contributed by atoms with van der Waals surface area (Å²) in [6.07, 6.45) is -0.189. The van der Waals surface area contributed by atoms with Crippen molar-refractivity contribution in [2.45, 2.75) is 31.3 Å². The molecule has 0 bridgehead atoms. The first-order valence-corrected chi connectivity index (χ1v) is 9.23. The molecule has 0 saturated carbocycles. The van der Waals surface area contributed by atoms with Gasteiger partial charge in [0.2, 0.25) is 0 Å². The van der Waals surface area contributed by atoms with E-state index in [1.807, 2.05) is 6.92 Å². The topological polar surface area (TPSA) is 125 Å². The van der Waals surface area contributed by atoms with Gasteiger partial charge in [0, 0.05) is 17.6 Å². The Morgan fingerprint density at radius 1 is 1.06 bits per heavy atom. The average molecular weight is 470 g/mol. The summed E-state index contributed by atoms with van der Waals surface area (Å²) >= 11 is 5.94. The van der Waals surface area contributed by atoms with E-state index in [0.29, 0.717) is 23.6 Å². The summed E-state index contributed by atoms with van der Waals surface area (Å²) in [7, 11) is 0. The number of nitrogens with one attached hydrogen (secondary N) is 1. The SMILES string of the molecule is C[C@H](Cc1ccc2c(c1)OC(C(=O)O)(C(=O)O)O2)NC[C@H](O)c1cccc(Cl)c1.[NaH].[NaH]. The molecule has 2 atom stereocenters. The van der Waals surface area contributed by atoms with Crippen molar-refractivity contribution in [3.8, 4) is 11.5 Å². The van der Waals surface area contributed by atoms with Gasteiger partial charge in [-0.05, 0) is 48.7 Å². The van der Waals surface area contributed by atoms with E-state index in [-0.39, 0.29) is 76.7 Å². The molecule has 11 heteroatoms. The molecule has 0 fully saturated rings. The van der Waals surface area contributed by atoms with Crippen molar-refractivity contribution in [2.75, 3.05) is 6.54 Å². The number of aliphatic hydroxyl groups excluding tert-OH is 1. The van der Waals surface area contributed by atoms with Gasteiger partial charge in [-0.3, -0.25) is 0 Å². The number of fused-ring (bicyclic) bond motifs is 1. The number of aliphatic hydroxyl groups is 1. The van der Waals surface area contributed by atoms with Crippen LogP contribution >= 0.6 is 11.6 Å². The van der Waals surface area contributed by atoms with E-state index in [2.05, 4.69) is 5.32 Å². The van der Waals surface area contributed by atoms with Crippen LogP contribution in [0.3, 0.4) is 0 Å². The second-order valence-electron chi connectivity index (χ2n) is 6.80. The molecular weight excluding hydrogens is 448 g/mol. The van der Waals surface area contributed by atoms with Gasteiger partial charge in [0.1, 0.15) is 0 Å². The van der Waals surface area contributed by atoms with Crippen LogP contribution in [0.2, 0.25) is 5.02 Å². The van der Waals surface area contributed by atoms with Crippen LogP contribution in [0.5, 0.6) is 11.5 Å². The summed E-state index contributed by atoms with van der Waals surface area (Å²) in [5.74, 6) is -6.15. The molecule has 1 aliphatic rings. The van der Waals surface area contributed by atoms with Crippen LogP contribution in [-0.2, 0) is 16.0 Å². The van der Waals surface area contributed by atoms with Gasteiger partial charge in [-0.15, -0.1) is 0 Å². The van der Waals surface area contributed by atoms with Crippen LogP contribution in [0, 0.1) is 0 Å². The second-order valence-corrected chi connectivity index (χ2v) is 7.23. The van der Waals surface area contributed by atoms with Gasteiger partial charge < -0.3 is 30.1 Å². The molecule has 2 aromatic rings. The molecule has 1 heterocycles. The van der Waals surface area contributed by atoms with Crippen molar-refractivity contribution in [1.29, 1.82) is 0 Å². The standard InChI is InChI=1S/C20H20ClNO7.2Na.2H/c1-11(22-10-15(23)13-3-2-4-14(21)9-13)7-12-5-6-16-17(8-12)29-20(28-16,18(24)25)19(26)27;;;;/h2-6,8-9,11,15,22-23H,7,10H2,1H3,(H,24,25)(H,26,27);;;;/t11-,15+;;;;/m1..../s1. The molecule has 31 heavy (non-hydrogen) atoms. The van der Waals surface area contributed by atoms with E-state index in [1.165, 1.54) is 6.07 Å². The van der Waals surface area contributed by atoms with Crippen LogP contribution in [0.15, 0.2) is 42.5 Å². The minimum absolute atomic E-state index is 0. The van der Waals surface area contributed by atoms with Crippen molar-refractivity contribution in [3.05, 3.63) is 58.6 Å². The van der Waals surface area contributed by atoms with E-state index in [9.17, 15) is 24.9 Å². The van der Waals surface area contributed by atoms with Crippen molar-refractivity contribution in [3.63, 3.8) is 0 Å². The third kappa shape index (κ3) is 6.60. The first-order valence-electron chi connectivity index (χ1n) is 8.86. The number of hydrogen-bond acceptors (Lipinski definition) is 6. The van der Waals surface area contributed by atoms with Crippen LogP contribution in [0.4, 0.5) is 0 Å². The van der Waals surface area contributed by atoms with Gasteiger partial charge in [-0.25, -0.2) is 9.59 Å². The molecule has 8 nitrogen and oxygen atoms in total. The predicted molar refractivity (Wildman–Crippen MR) is 118 cm³/mol. The number of halogens is 1. The Kier molecular flexibility index (Phi) is 10.8. The molecule has 3 rings (SSSR count). The zero-order valence-corrected chi connectivity index (χ0v) is 16.2. The molecule has 0 aromatic heterocycles. The zero-order chi connectivity index (χ0) is 21.2. The van der Waals surface area contributed by atoms with E-state index in [0.717, 1.165) is 5.56 Å². The maximum atomic E-state index is 11.3. The fourth-order valence-corrected chi connectivity index (χ4v) is 3.21. The zero-order valence-electron chi connectivity index (χ0n) is 15.5. The fraction of sp³-hybridized carbons (Fsp3) is 0.300. The molecule has 0 unspecified atom stereocenters. The molecule has 0 spiro atoms. The Morgan fingerprint density at radius 2 is 1.71 bits per heavy atom. The van der Waals surface area contributed by atoms with E-state index < -0.39 is 23.8 Å². The monoisotopic (exact) mass is 469 g/mol. The van der Waals surface area contributed by atoms with Crippen LogP contribution in [0.25, 0.3) is 0 Å². The summed E-state index contributed by atoms with van der Waals surface area (Å²) in [6, 6.07) is 11.7. The van der Waals surface area contributed by atoms with Crippen molar-refractivity contribution in [1.82, 2.24) is 5.32 Å². The number of hydrogen-bond donors (Lipinski definition) is 4. The van der Waals surface area contributed by atoms with Gasteiger partial charge in [0.15, 0.2) is 11.5 Å². The van der Waals surface area contributed by atoms with Gasteiger partial charge in [0.05, 0.1) is 6.10 Å². The normalized spacial score (nSPS) is 15.2. The minimum atomic E-state index is -2.77. The average Bonchev–Trinajstić information content (AvgIpc) is 3.06. The Morgan fingerprint density at radius 3 is 2.32 bits per heavy atom. The number of rotatable bonds is 8. The summed E-state index contributed by atoms with van der Waals surface area (Å²) < 4.78 is 10.1. The molecule has 0 aliphatic carbocycles. The third-order valence-corrected chi connectivity index (χ3v) is 4.75. The molecule has 2 aromatic carbocycles. The van der Waals surface area contributed by atoms with Crippen LogP contribution in [0.1, 0.15) is 24.2 Å². The number of carboxylic acid groups (broad SMARTS) is 2. The number of carboxylic acids is 2. The number of aliphatic carboxylic acids is 2. The van der Waals surface area contributed by atoms with Crippen LogP contribution in [-0.4, -0.2) is 105 Å². The molecule has 0 amide bonds. The quantitative estimate of drug-likeness (QED) is 0.332. The molecular formula is C20H22ClNNa2O7. The Bertz CT molecular complexity index is 929. The van der Waals surface area contributed by atoms with Crippen molar-refractivity contribution >= 4 is 82.7 Å². The second kappa shape index (κ2) is 11.9. The maximum absolute atomic E-state index is 11.3.